The number of aromatic amines is 1. The molecule has 1 amide bonds. The second-order valence-corrected chi connectivity index (χ2v) is 8.01. The summed E-state index contributed by atoms with van der Waals surface area (Å²) in [5, 5.41) is 14.5. The van der Waals surface area contributed by atoms with E-state index in [1.54, 1.807) is 6.07 Å². The molecule has 3 heterocycles. The highest BCUT2D eigenvalue weighted by Crippen LogP contribution is 2.26. The number of carbonyl (C=O) groups excluding carboxylic acids is 1. The molecule has 0 spiro atoms. The van der Waals surface area contributed by atoms with E-state index in [9.17, 15) is 4.79 Å². The Bertz CT molecular complexity index is 1010. The van der Waals surface area contributed by atoms with Gasteiger partial charge in [-0.05, 0) is 62.9 Å². The van der Waals surface area contributed by atoms with E-state index >= 15 is 0 Å². The molecule has 29 heavy (non-hydrogen) atoms. The largest absolute Gasteiger partial charge is 0.372 e. The Kier molecular flexibility index (Phi) is 5.13. The fourth-order valence-corrected chi connectivity index (χ4v) is 3.93. The summed E-state index contributed by atoms with van der Waals surface area (Å²) in [5.41, 5.74) is 6.01. The lowest BCUT2D eigenvalue weighted by Gasteiger charge is -2.32. The molecule has 1 aromatic carbocycles. The van der Waals surface area contributed by atoms with Crippen molar-refractivity contribution >= 4 is 17.3 Å². The number of H-pyrrole nitrogens is 1. The van der Waals surface area contributed by atoms with Crippen molar-refractivity contribution in [1.82, 2.24) is 20.0 Å². The minimum Gasteiger partial charge on any atom is -0.372 e. The number of anilines is 2. The number of rotatable bonds is 4. The Morgan fingerprint density at radius 3 is 2.48 bits per heavy atom. The summed E-state index contributed by atoms with van der Waals surface area (Å²) in [7, 11) is 1.90. The zero-order valence-corrected chi connectivity index (χ0v) is 17.5. The number of hydrogen-bond acceptors (Lipinski definition) is 4. The van der Waals surface area contributed by atoms with Gasteiger partial charge in [0.1, 0.15) is 5.69 Å². The minimum absolute atomic E-state index is 0.206. The van der Waals surface area contributed by atoms with E-state index in [0.29, 0.717) is 5.69 Å². The molecule has 0 bridgehead atoms. The lowest BCUT2D eigenvalue weighted by Crippen LogP contribution is -2.32. The predicted molar refractivity (Wildman–Crippen MR) is 115 cm³/mol. The third kappa shape index (κ3) is 3.90. The van der Waals surface area contributed by atoms with Crippen LogP contribution in [-0.2, 0) is 7.05 Å². The van der Waals surface area contributed by atoms with Crippen LogP contribution in [0, 0.1) is 19.8 Å². The highest BCUT2D eigenvalue weighted by Gasteiger charge is 2.18. The van der Waals surface area contributed by atoms with E-state index in [1.165, 1.54) is 18.5 Å². The molecule has 0 atom stereocenters. The summed E-state index contributed by atoms with van der Waals surface area (Å²) in [4.78, 5) is 15.1. The summed E-state index contributed by atoms with van der Waals surface area (Å²) >= 11 is 0. The smallest absolute Gasteiger partial charge is 0.273 e. The number of benzene rings is 1. The van der Waals surface area contributed by atoms with Gasteiger partial charge in [-0.2, -0.15) is 10.2 Å². The molecular formula is C22H28N6O. The Labute approximate surface area is 171 Å². The average molecular weight is 393 g/mol. The van der Waals surface area contributed by atoms with Crippen molar-refractivity contribution in [3.8, 4) is 11.3 Å². The number of aryl methyl sites for hydroxylation is 2. The van der Waals surface area contributed by atoms with E-state index in [4.69, 9.17) is 0 Å². The molecule has 2 N–H and O–H groups in total. The van der Waals surface area contributed by atoms with Crippen molar-refractivity contribution in [3.05, 3.63) is 47.4 Å². The molecule has 3 aromatic rings. The zero-order chi connectivity index (χ0) is 20.5. The van der Waals surface area contributed by atoms with Gasteiger partial charge in [0, 0.05) is 42.8 Å². The number of amides is 1. The van der Waals surface area contributed by atoms with Crippen LogP contribution in [0.4, 0.5) is 11.4 Å². The van der Waals surface area contributed by atoms with Crippen molar-refractivity contribution in [2.24, 2.45) is 13.0 Å². The van der Waals surface area contributed by atoms with Gasteiger partial charge in [0.05, 0.1) is 11.4 Å². The molecule has 152 valence electrons. The third-order valence-corrected chi connectivity index (χ3v) is 5.86. The van der Waals surface area contributed by atoms with Gasteiger partial charge in [-0.25, -0.2) is 0 Å². The van der Waals surface area contributed by atoms with Crippen LogP contribution in [0.15, 0.2) is 30.3 Å². The van der Waals surface area contributed by atoms with E-state index < -0.39 is 0 Å². The molecule has 1 saturated heterocycles. The van der Waals surface area contributed by atoms with Crippen molar-refractivity contribution in [2.45, 2.75) is 33.6 Å². The summed E-state index contributed by atoms with van der Waals surface area (Å²) < 4.78 is 1.82. The highest BCUT2D eigenvalue weighted by molar-refractivity contribution is 6.03. The number of nitrogens with zero attached hydrogens (tertiary/aromatic N) is 4. The van der Waals surface area contributed by atoms with Crippen LogP contribution in [0.2, 0.25) is 0 Å². The quantitative estimate of drug-likeness (QED) is 0.705. The molecule has 0 saturated carbocycles. The molecule has 0 radical (unpaired) electrons. The van der Waals surface area contributed by atoms with Crippen LogP contribution in [0.25, 0.3) is 11.3 Å². The average Bonchev–Trinajstić information content (AvgIpc) is 3.28. The maximum atomic E-state index is 12.6. The number of piperidine rings is 1. The van der Waals surface area contributed by atoms with Crippen molar-refractivity contribution in [2.75, 3.05) is 23.3 Å². The summed E-state index contributed by atoms with van der Waals surface area (Å²) in [6.07, 6.45) is 2.47. The molecule has 0 aliphatic carbocycles. The van der Waals surface area contributed by atoms with Crippen molar-refractivity contribution < 1.29 is 4.79 Å². The van der Waals surface area contributed by atoms with Gasteiger partial charge in [0.15, 0.2) is 0 Å². The SMILES string of the molecule is Cc1nn(C)c(C)c1-c1cc(C(=O)Nc2ccc(N3CCC(C)CC3)cc2)[nH]n1. The standard InChI is InChI=1S/C22H28N6O/c1-14-9-11-28(12-10-14)18-7-5-17(6-8-18)23-22(29)20-13-19(24-25-20)21-15(2)26-27(4)16(21)3/h5-8,13-14H,9-12H2,1-4H3,(H,23,29)(H,24,25). The molecule has 7 heteroatoms. The van der Waals surface area contributed by atoms with Crippen LogP contribution in [0.3, 0.4) is 0 Å². The molecule has 1 aliphatic heterocycles. The van der Waals surface area contributed by atoms with Crippen molar-refractivity contribution in [3.63, 3.8) is 0 Å². The minimum atomic E-state index is -0.206. The van der Waals surface area contributed by atoms with Gasteiger partial charge in [0.2, 0.25) is 0 Å². The second kappa shape index (κ2) is 7.73. The number of hydrogen-bond donors (Lipinski definition) is 2. The maximum Gasteiger partial charge on any atom is 0.273 e. The van der Waals surface area contributed by atoms with Gasteiger partial charge in [-0.15, -0.1) is 0 Å². The first kappa shape index (κ1) is 19.2. The van der Waals surface area contributed by atoms with Crippen LogP contribution < -0.4 is 10.2 Å². The molecule has 1 aliphatic rings. The van der Waals surface area contributed by atoms with Crippen LogP contribution >= 0.6 is 0 Å². The monoisotopic (exact) mass is 392 g/mol. The first-order valence-electron chi connectivity index (χ1n) is 10.1. The van der Waals surface area contributed by atoms with E-state index in [2.05, 4.69) is 44.6 Å². The van der Waals surface area contributed by atoms with Gasteiger partial charge in [-0.1, -0.05) is 6.92 Å². The number of aromatic nitrogens is 4. The fourth-order valence-electron chi connectivity index (χ4n) is 3.93. The summed E-state index contributed by atoms with van der Waals surface area (Å²) in [6, 6.07) is 9.84. The molecule has 0 unspecified atom stereocenters. The van der Waals surface area contributed by atoms with Crippen LogP contribution in [0.1, 0.15) is 41.6 Å². The van der Waals surface area contributed by atoms with Gasteiger partial charge < -0.3 is 10.2 Å². The Morgan fingerprint density at radius 2 is 1.86 bits per heavy atom. The second-order valence-electron chi connectivity index (χ2n) is 8.01. The predicted octanol–water partition coefficient (Wildman–Crippen LogP) is 3.92. The first-order valence-corrected chi connectivity index (χ1v) is 10.1. The molecule has 4 rings (SSSR count). The molecule has 1 fully saturated rings. The zero-order valence-electron chi connectivity index (χ0n) is 17.5. The summed E-state index contributed by atoms with van der Waals surface area (Å²) in [5.74, 6) is 0.603. The van der Waals surface area contributed by atoms with Crippen LogP contribution in [0.5, 0.6) is 0 Å². The molecular weight excluding hydrogens is 364 g/mol. The maximum absolute atomic E-state index is 12.6. The lowest BCUT2D eigenvalue weighted by atomic mass is 9.99. The third-order valence-electron chi connectivity index (χ3n) is 5.86. The normalized spacial score (nSPS) is 15.0. The van der Waals surface area contributed by atoms with E-state index in [0.717, 1.165) is 47.3 Å². The van der Waals surface area contributed by atoms with Gasteiger partial charge >= 0.3 is 0 Å². The summed E-state index contributed by atoms with van der Waals surface area (Å²) in [6.45, 7) is 8.44. The molecule has 7 nitrogen and oxygen atoms in total. The topological polar surface area (TPSA) is 78.8 Å². The van der Waals surface area contributed by atoms with E-state index in [-0.39, 0.29) is 5.91 Å². The van der Waals surface area contributed by atoms with Crippen molar-refractivity contribution in [1.29, 1.82) is 0 Å². The van der Waals surface area contributed by atoms with Crippen LogP contribution in [-0.4, -0.2) is 39.0 Å². The fraction of sp³-hybridized carbons (Fsp3) is 0.409. The number of nitrogens with one attached hydrogen (secondary N) is 2. The highest BCUT2D eigenvalue weighted by atomic mass is 16.1. The lowest BCUT2D eigenvalue weighted by molar-refractivity contribution is 0.102. The Morgan fingerprint density at radius 1 is 1.17 bits per heavy atom. The Hall–Kier alpha value is -3.09. The van der Waals surface area contributed by atoms with Gasteiger partial charge in [0.25, 0.3) is 5.91 Å². The molecule has 2 aromatic heterocycles. The van der Waals surface area contributed by atoms with Gasteiger partial charge in [-0.3, -0.25) is 14.6 Å². The number of carbonyl (C=O) groups is 1. The van der Waals surface area contributed by atoms with E-state index in [1.807, 2.05) is 37.7 Å². The Balaban J connectivity index is 1.44. The first-order chi connectivity index (χ1) is 13.9.